The molecule has 3 rings (SSSR count). The highest BCUT2D eigenvalue weighted by Crippen LogP contribution is 2.20. The van der Waals surface area contributed by atoms with Crippen LogP contribution in [-0.4, -0.2) is 25.7 Å². The molecule has 0 spiro atoms. The van der Waals surface area contributed by atoms with Crippen LogP contribution in [0.4, 0.5) is 10.1 Å². The molecule has 0 aromatic heterocycles. The fourth-order valence-corrected chi connectivity index (χ4v) is 2.87. The summed E-state index contributed by atoms with van der Waals surface area (Å²) in [4.78, 5) is 2.27. The van der Waals surface area contributed by atoms with E-state index in [4.69, 9.17) is 0 Å². The summed E-state index contributed by atoms with van der Waals surface area (Å²) in [7, 11) is 0. The Morgan fingerprint density at radius 1 is 1.19 bits per heavy atom. The number of rotatable bonds is 3. The van der Waals surface area contributed by atoms with Crippen molar-refractivity contribution in [1.29, 1.82) is 0 Å². The van der Waals surface area contributed by atoms with Gasteiger partial charge in [-0.05, 0) is 36.6 Å². The Morgan fingerprint density at radius 2 is 2.00 bits per heavy atom. The summed E-state index contributed by atoms with van der Waals surface area (Å²) in [6.45, 7) is 4.58. The summed E-state index contributed by atoms with van der Waals surface area (Å²) in [5.74, 6) is -0.120. The minimum Gasteiger partial charge on any atom is -0.369 e. The molecule has 1 atom stereocenters. The van der Waals surface area contributed by atoms with Crippen LogP contribution in [0.2, 0.25) is 0 Å². The molecule has 2 aromatic carbocycles. The van der Waals surface area contributed by atoms with Crippen LogP contribution in [-0.2, 0) is 6.42 Å². The number of anilines is 1. The molecule has 21 heavy (non-hydrogen) atoms. The molecular weight excluding hydrogens is 263 g/mol. The van der Waals surface area contributed by atoms with Crippen molar-refractivity contribution in [3.05, 3.63) is 65.5 Å². The van der Waals surface area contributed by atoms with Crippen molar-refractivity contribution in [2.75, 3.05) is 24.5 Å². The maximum Gasteiger partial charge on any atom is 0.128 e. The van der Waals surface area contributed by atoms with Crippen molar-refractivity contribution < 1.29 is 4.39 Å². The molecule has 3 heteroatoms. The van der Waals surface area contributed by atoms with Gasteiger partial charge in [-0.2, -0.15) is 0 Å². The van der Waals surface area contributed by atoms with Crippen LogP contribution in [0.15, 0.2) is 48.5 Å². The van der Waals surface area contributed by atoms with E-state index in [0.29, 0.717) is 11.6 Å². The van der Waals surface area contributed by atoms with E-state index >= 15 is 0 Å². The molecule has 1 saturated heterocycles. The van der Waals surface area contributed by atoms with Gasteiger partial charge in [0.2, 0.25) is 0 Å². The maximum atomic E-state index is 13.7. The van der Waals surface area contributed by atoms with Gasteiger partial charge in [0.15, 0.2) is 0 Å². The summed E-state index contributed by atoms with van der Waals surface area (Å²) < 4.78 is 13.7. The number of hydrogen-bond donors (Lipinski definition) is 1. The first kappa shape index (κ1) is 14.1. The zero-order valence-corrected chi connectivity index (χ0v) is 12.3. The number of nitrogens with one attached hydrogen (secondary N) is 1. The maximum absolute atomic E-state index is 13.7. The van der Waals surface area contributed by atoms with Crippen molar-refractivity contribution >= 4 is 5.69 Å². The van der Waals surface area contributed by atoms with Crippen LogP contribution < -0.4 is 10.2 Å². The summed E-state index contributed by atoms with van der Waals surface area (Å²) in [6.07, 6.45) is 1.01. The zero-order valence-electron chi connectivity index (χ0n) is 12.3. The number of nitrogens with zero attached hydrogens (tertiary/aromatic N) is 1. The van der Waals surface area contributed by atoms with E-state index in [2.05, 4.69) is 34.5 Å². The molecule has 0 aliphatic carbocycles. The number of aryl methyl sites for hydroxylation is 1. The van der Waals surface area contributed by atoms with Crippen LogP contribution in [0.1, 0.15) is 11.1 Å². The normalized spacial score (nSPS) is 18.8. The van der Waals surface area contributed by atoms with Gasteiger partial charge in [-0.15, -0.1) is 0 Å². The van der Waals surface area contributed by atoms with Gasteiger partial charge in [0.1, 0.15) is 5.82 Å². The SMILES string of the molecule is Cc1ccc(N2CCNC(Cc3ccccc3)C2)cc1F. The van der Waals surface area contributed by atoms with Crippen molar-refractivity contribution in [2.24, 2.45) is 0 Å². The Kier molecular flexibility index (Phi) is 4.20. The second-order valence-corrected chi connectivity index (χ2v) is 5.72. The Labute approximate surface area is 125 Å². The van der Waals surface area contributed by atoms with Gasteiger partial charge in [-0.25, -0.2) is 4.39 Å². The molecule has 1 aliphatic heterocycles. The molecule has 1 unspecified atom stereocenters. The fraction of sp³-hybridized carbons (Fsp3) is 0.333. The Morgan fingerprint density at radius 3 is 2.76 bits per heavy atom. The first-order valence-electron chi connectivity index (χ1n) is 7.51. The highest BCUT2D eigenvalue weighted by molar-refractivity contribution is 5.48. The van der Waals surface area contributed by atoms with E-state index in [1.807, 2.05) is 18.2 Å². The van der Waals surface area contributed by atoms with Gasteiger partial charge in [-0.1, -0.05) is 36.4 Å². The summed E-state index contributed by atoms with van der Waals surface area (Å²) in [5.41, 5.74) is 3.03. The molecule has 0 saturated carbocycles. The quantitative estimate of drug-likeness (QED) is 0.931. The molecular formula is C18H21FN2. The topological polar surface area (TPSA) is 15.3 Å². The lowest BCUT2D eigenvalue weighted by Gasteiger charge is -2.35. The summed E-state index contributed by atoms with van der Waals surface area (Å²) >= 11 is 0. The van der Waals surface area contributed by atoms with E-state index < -0.39 is 0 Å². The predicted molar refractivity (Wildman–Crippen MR) is 85.3 cm³/mol. The molecule has 1 aliphatic rings. The minimum atomic E-state index is -0.120. The highest BCUT2D eigenvalue weighted by atomic mass is 19.1. The third-order valence-electron chi connectivity index (χ3n) is 4.10. The van der Waals surface area contributed by atoms with Gasteiger partial charge in [-0.3, -0.25) is 0 Å². The number of halogens is 1. The average molecular weight is 284 g/mol. The lowest BCUT2D eigenvalue weighted by atomic mass is 10.0. The van der Waals surface area contributed by atoms with Crippen LogP contribution in [0.5, 0.6) is 0 Å². The van der Waals surface area contributed by atoms with E-state index in [9.17, 15) is 4.39 Å². The lowest BCUT2D eigenvalue weighted by Crippen LogP contribution is -2.51. The van der Waals surface area contributed by atoms with Crippen LogP contribution >= 0.6 is 0 Å². The Hall–Kier alpha value is -1.87. The monoisotopic (exact) mass is 284 g/mol. The van der Waals surface area contributed by atoms with Crippen molar-refractivity contribution in [2.45, 2.75) is 19.4 Å². The molecule has 1 heterocycles. The third kappa shape index (κ3) is 3.42. The van der Waals surface area contributed by atoms with E-state index in [0.717, 1.165) is 31.7 Å². The fourth-order valence-electron chi connectivity index (χ4n) is 2.87. The highest BCUT2D eigenvalue weighted by Gasteiger charge is 2.20. The van der Waals surface area contributed by atoms with Crippen LogP contribution in [0.25, 0.3) is 0 Å². The second-order valence-electron chi connectivity index (χ2n) is 5.72. The van der Waals surface area contributed by atoms with Crippen molar-refractivity contribution in [3.8, 4) is 0 Å². The van der Waals surface area contributed by atoms with E-state index in [1.165, 1.54) is 5.56 Å². The predicted octanol–water partition coefficient (Wildman–Crippen LogP) is 3.16. The molecule has 1 fully saturated rings. The molecule has 0 radical (unpaired) electrons. The standard InChI is InChI=1S/C18H21FN2/c1-14-7-8-17(12-18(14)19)21-10-9-20-16(13-21)11-15-5-3-2-4-6-15/h2-8,12,16,20H,9-11,13H2,1H3. The van der Waals surface area contributed by atoms with Crippen molar-refractivity contribution in [1.82, 2.24) is 5.32 Å². The lowest BCUT2D eigenvalue weighted by molar-refractivity contribution is 0.454. The Bertz CT molecular complexity index is 597. The van der Waals surface area contributed by atoms with Gasteiger partial charge in [0.25, 0.3) is 0 Å². The molecule has 2 aromatic rings. The zero-order chi connectivity index (χ0) is 14.7. The van der Waals surface area contributed by atoms with Gasteiger partial charge < -0.3 is 10.2 Å². The van der Waals surface area contributed by atoms with Gasteiger partial charge in [0.05, 0.1) is 0 Å². The number of piperazine rings is 1. The minimum absolute atomic E-state index is 0.120. The summed E-state index contributed by atoms with van der Waals surface area (Å²) in [6, 6.07) is 16.4. The van der Waals surface area contributed by atoms with Crippen LogP contribution in [0.3, 0.4) is 0 Å². The van der Waals surface area contributed by atoms with Crippen molar-refractivity contribution in [3.63, 3.8) is 0 Å². The second kappa shape index (κ2) is 6.27. The molecule has 110 valence electrons. The largest absolute Gasteiger partial charge is 0.369 e. The number of hydrogen-bond acceptors (Lipinski definition) is 2. The Balaban J connectivity index is 1.69. The van der Waals surface area contributed by atoms with Crippen LogP contribution in [0, 0.1) is 12.7 Å². The average Bonchev–Trinajstić information content (AvgIpc) is 2.51. The molecule has 0 bridgehead atoms. The number of benzene rings is 2. The first-order chi connectivity index (χ1) is 10.2. The molecule has 2 nitrogen and oxygen atoms in total. The first-order valence-corrected chi connectivity index (χ1v) is 7.51. The third-order valence-corrected chi connectivity index (χ3v) is 4.10. The van der Waals surface area contributed by atoms with E-state index in [-0.39, 0.29) is 5.82 Å². The smallest absolute Gasteiger partial charge is 0.128 e. The van der Waals surface area contributed by atoms with Gasteiger partial charge >= 0.3 is 0 Å². The van der Waals surface area contributed by atoms with E-state index in [1.54, 1.807) is 13.0 Å². The molecule has 0 amide bonds. The van der Waals surface area contributed by atoms with Gasteiger partial charge in [0, 0.05) is 31.4 Å². The molecule has 1 N–H and O–H groups in total. The summed E-state index contributed by atoms with van der Waals surface area (Å²) in [5, 5.41) is 3.56.